The average molecular weight is 325 g/mol. The largest absolute Gasteiger partial charge is 0.388 e. The maximum atomic E-state index is 10.6. The van der Waals surface area contributed by atoms with Gasteiger partial charge in [0.25, 0.3) is 0 Å². The third-order valence-electron chi connectivity index (χ3n) is 4.65. The molecule has 0 saturated carbocycles. The van der Waals surface area contributed by atoms with Crippen molar-refractivity contribution in [3.8, 4) is 0 Å². The van der Waals surface area contributed by atoms with E-state index in [0.29, 0.717) is 5.92 Å². The topological polar surface area (TPSA) is 49.2 Å². The molecule has 0 amide bonds. The second kappa shape index (κ2) is 6.26. The van der Waals surface area contributed by atoms with Gasteiger partial charge < -0.3 is 10.0 Å². The van der Waals surface area contributed by atoms with Crippen LogP contribution in [0.1, 0.15) is 24.5 Å². The summed E-state index contributed by atoms with van der Waals surface area (Å²) in [5.74, 6) is 1.35. The number of benzene rings is 1. The maximum absolute atomic E-state index is 10.6. The summed E-state index contributed by atoms with van der Waals surface area (Å²) in [4.78, 5) is 11.1. The molecule has 1 unspecified atom stereocenters. The first-order valence-electron chi connectivity index (χ1n) is 7.99. The van der Waals surface area contributed by atoms with Crippen molar-refractivity contribution in [1.82, 2.24) is 9.97 Å². The van der Waals surface area contributed by atoms with Crippen molar-refractivity contribution >= 4 is 27.4 Å². The number of piperidine rings is 1. The van der Waals surface area contributed by atoms with Crippen LogP contribution in [0.25, 0.3) is 10.2 Å². The van der Waals surface area contributed by atoms with Crippen LogP contribution in [0, 0.1) is 5.92 Å². The Kier molecular flexibility index (Phi) is 3.97. The Bertz CT molecular complexity index is 781. The summed E-state index contributed by atoms with van der Waals surface area (Å²) in [5.41, 5.74) is 2.04. The van der Waals surface area contributed by atoms with Gasteiger partial charge in [-0.05, 0) is 35.8 Å². The maximum Gasteiger partial charge on any atom is 0.150 e. The Morgan fingerprint density at radius 2 is 1.87 bits per heavy atom. The minimum atomic E-state index is -0.370. The van der Waals surface area contributed by atoms with Gasteiger partial charge in [0.1, 0.15) is 12.1 Å². The molecule has 2 aromatic heterocycles. The van der Waals surface area contributed by atoms with Crippen LogP contribution in [0.4, 0.5) is 5.82 Å². The molecule has 0 radical (unpaired) electrons. The summed E-state index contributed by atoms with van der Waals surface area (Å²) in [6, 6.07) is 12.0. The molecular formula is C18H19N3OS. The van der Waals surface area contributed by atoms with Gasteiger partial charge in [-0.1, -0.05) is 30.3 Å². The van der Waals surface area contributed by atoms with Gasteiger partial charge in [-0.25, -0.2) is 9.97 Å². The van der Waals surface area contributed by atoms with E-state index in [9.17, 15) is 5.11 Å². The number of rotatable bonds is 3. The van der Waals surface area contributed by atoms with Gasteiger partial charge in [0.2, 0.25) is 0 Å². The molecule has 4 rings (SSSR count). The molecule has 4 nitrogen and oxygen atoms in total. The fourth-order valence-electron chi connectivity index (χ4n) is 3.35. The molecule has 1 aliphatic heterocycles. The van der Waals surface area contributed by atoms with E-state index >= 15 is 0 Å². The molecule has 1 atom stereocenters. The predicted octanol–water partition coefficient (Wildman–Crippen LogP) is 3.64. The van der Waals surface area contributed by atoms with Crippen molar-refractivity contribution in [2.24, 2.45) is 5.92 Å². The quantitative estimate of drug-likeness (QED) is 0.799. The minimum absolute atomic E-state index is 0.314. The molecule has 1 fully saturated rings. The third kappa shape index (κ3) is 2.82. The van der Waals surface area contributed by atoms with Crippen LogP contribution in [0.15, 0.2) is 48.1 Å². The van der Waals surface area contributed by atoms with Crippen LogP contribution < -0.4 is 4.90 Å². The molecule has 0 spiro atoms. The zero-order valence-electron chi connectivity index (χ0n) is 12.8. The highest BCUT2D eigenvalue weighted by Gasteiger charge is 2.27. The van der Waals surface area contributed by atoms with Crippen LogP contribution in [0.5, 0.6) is 0 Å². The minimum Gasteiger partial charge on any atom is -0.388 e. The summed E-state index contributed by atoms with van der Waals surface area (Å²) in [5, 5.41) is 12.7. The lowest BCUT2D eigenvalue weighted by molar-refractivity contribution is 0.0929. The average Bonchev–Trinajstić information content (AvgIpc) is 3.11. The van der Waals surface area contributed by atoms with Gasteiger partial charge in [0.15, 0.2) is 0 Å². The number of hydrogen-bond acceptors (Lipinski definition) is 5. The molecule has 1 aliphatic rings. The van der Waals surface area contributed by atoms with E-state index < -0.39 is 0 Å². The number of fused-ring (bicyclic) bond motifs is 1. The Balaban J connectivity index is 1.48. The van der Waals surface area contributed by atoms with Crippen LogP contribution in [-0.4, -0.2) is 28.2 Å². The highest BCUT2D eigenvalue weighted by molar-refractivity contribution is 7.17. The number of aromatic nitrogens is 2. The van der Waals surface area contributed by atoms with Crippen molar-refractivity contribution < 1.29 is 5.11 Å². The molecule has 3 aromatic rings. The number of thiophene rings is 1. The number of aliphatic hydroxyl groups excluding tert-OH is 1. The molecule has 0 aliphatic carbocycles. The number of nitrogens with zero attached hydrogens (tertiary/aromatic N) is 3. The molecule has 5 heteroatoms. The lowest BCUT2D eigenvalue weighted by Gasteiger charge is -2.35. The summed E-state index contributed by atoms with van der Waals surface area (Å²) >= 11 is 1.70. The molecule has 3 heterocycles. The molecule has 1 saturated heterocycles. The highest BCUT2D eigenvalue weighted by Crippen LogP contribution is 2.34. The van der Waals surface area contributed by atoms with Gasteiger partial charge in [-0.15, -0.1) is 11.3 Å². The van der Waals surface area contributed by atoms with Gasteiger partial charge in [0.05, 0.1) is 16.3 Å². The zero-order chi connectivity index (χ0) is 15.6. The highest BCUT2D eigenvalue weighted by atomic mass is 32.1. The smallest absolute Gasteiger partial charge is 0.150 e. The second-order valence-electron chi connectivity index (χ2n) is 6.01. The fraction of sp³-hybridized carbons (Fsp3) is 0.333. The first-order valence-corrected chi connectivity index (χ1v) is 8.87. The van der Waals surface area contributed by atoms with Crippen molar-refractivity contribution in [2.75, 3.05) is 18.0 Å². The van der Waals surface area contributed by atoms with Crippen molar-refractivity contribution in [3.63, 3.8) is 0 Å². The van der Waals surface area contributed by atoms with E-state index in [0.717, 1.165) is 47.5 Å². The third-order valence-corrected chi connectivity index (χ3v) is 5.55. The summed E-state index contributed by atoms with van der Waals surface area (Å²) in [6.45, 7) is 1.86. The van der Waals surface area contributed by atoms with E-state index in [-0.39, 0.29) is 6.10 Å². The Morgan fingerprint density at radius 3 is 2.65 bits per heavy atom. The lowest BCUT2D eigenvalue weighted by Crippen LogP contribution is -2.36. The molecule has 1 aromatic carbocycles. The number of aliphatic hydroxyl groups is 1. The van der Waals surface area contributed by atoms with Gasteiger partial charge in [-0.2, -0.15) is 0 Å². The SMILES string of the molecule is OC(c1ccccc1)C1CCN(c2ncnc3ccsc23)CC1. The first kappa shape index (κ1) is 14.6. The standard InChI is InChI=1S/C18H19N3OS/c22-16(13-4-2-1-3-5-13)14-6-9-21(10-7-14)18-17-15(8-11-23-17)19-12-20-18/h1-5,8,11-12,14,16,22H,6-7,9-10H2. The van der Waals surface area contributed by atoms with E-state index in [2.05, 4.69) is 20.2 Å². The predicted molar refractivity (Wildman–Crippen MR) is 93.8 cm³/mol. The van der Waals surface area contributed by atoms with Crippen molar-refractivity contribution in [1.29, 1.82) is 0 Å². The molecule has 0 bridgehead atoms. The van der Waals surface area contributed by atoms with Gasteiger partial charge >= 0.3 is 0 Å². The van der Waals surface area contributed by atoms with E-state index in [1.807, 2.05) is 36.4 Å². The van der Waals surface area contributed by atoms with Crippen LogP contribution >= 0.6 is 11.3 Å². The van der Waals surface area contributed by atoms with Crippen LogP contribution in [-0.2, 0) is 0 Å². The second-order valence-corrected chi connectivity index (χ2v) is 6.93. The number of anilines is 1. The van der Waals surface area contributed by atoms with E-state index in [1.165, 1.54) is 0 Å². The lowest BCUT2D eigenvalue weighted by atomic mass is 9.87. The van der Waals surface area contributed by atoms with E-state index in [1.54, 1.807) is 17.7 Å². The Labute approximate surface area is 139 Å². The molecule has 118 valence electrons. The molecular weight excluding hydrogens is 306 g/mol. The Morgan fingerprint density at radius 1 is 1.09 bits per heavy atom. The Hall–Kier alpha value is -1.98. The normalized spacial score (nSPS) is 17.5. The summed E-state index contributed by atoms with van der Waals surface area (Å²) < 4.78 is 1.16. The van der Waals surface area contributed by atoms with Crippen molar-refractivity contribution in [3.05, 3.63) is 53.7 Å². The fourth-order valence-corrected chi connectivity index (χ4v) is 4.21. The monoisotopic (exact) mass is 325 g/mol. The van der Waals surface area contributed by atoms with E-state index in [4.69, 9.17) is 0 Å². The first-order chi connectivity index (χ1) is 11.3. The van der Waals surface area contributed by atoms with Crippen LogP contribution in [0.3, 0.4) is 0 Å². The number of hydrogen-bond donors (Lipinski definition) is 1. The molecule has 1 N–H and O–H groups in total. The summed E-state index contributed by atoms with van der Waals surface area (Å²) in [7, 11) is 0. The van der Waals surface area contributed by atoms with Crippen molar-refractivity contribution in [2.45, 2.75) is 18.9 Å². The molecule has 23 heavy (non-hydrogen) atoms. The summed E-state index contributed by atoms with van der Waals surface area (Å²) in [6.07, 6.45) is 3.24. The zero-order valence-corrected chi connectivity index (χ0v) is 13.6. The van der Waals surface area contributed by atoms with Crippen LogP contribution in [0.2, 0.25) is 0 Å². The van der Waals surface area contributed by atoms with Gasteiger partial charge in [-0.3, -0.25) is 0 Å². The van der Waals surface area contributed by atoms with Gasteiger partial charge in [0, 0.05) is 13.1 Å².